The molecule has 1 aromatic rings. The van der Waals surface area contributed by atoms with Gasteiger partial charge >= 0.3 is 0 Å². The van der Waals surface area contributed by atoms with Crippen LogP contribution in [-0.2, 0) is 6.54 Å². The van der Waals surface area contributed by atoms with Gasteiger partial charge in [-0.05, 0) is 56.0 Å². The lowest BCUT2D eigenvalue weighted by Gasteiger charge is -2.39. The minimum Gasteiger partial charge on any atom is -0.496 e. The van der Waals surface area contributed by atoms with Crippen LogP contribution in [0.1, 0.15) is 43.7 Å². The van der Waals surface area contributed by atoms with Crippen molar-refractivity contribution in [2.45, 2.75) is 52.1 Å². The summed E-state index contributed by atoms with van der Waals surface area (Å²) in [5.74, 6) is 1.64. The Hall–Kier alpha value is -1.06. The van der Waals surface area contributed by atoms with Gasteiger partial charge in [0.05, 0.1) is 7.11 Å². The van der Waals surface area contributed by atoms with Gasteiger partial charge in [-0.25, -0.2) is 0 Å². The average molecular weight is 290 g/mol. The first-order valence-electron chi connectivity index (χ1n) is 8.27. The molecule has 1 aliphatic rings. The van der Waals surface area contributed by atoms with Crippen molar-refractivity contribution < 1.29 is 4.74 Å². The van der Waals surface area contributed by atoms with Crippen LogP contribution in [0.15, 0.2) is 18.2 Å². The van der Waals surface area contributed by atoms with E-state index in [0.29, 0.717) is 12.0 Å². The summed E-state index contributed by atoms with van der Waals surface area (Å²) >= 11 is 0. The van der Waals surface area contributed by atoms with Gasteiger partial charge in [0.25, 0.3) is 0 Å². The zero-order chi connectivity index (χ0) is 15.2. The molecular weight excluding hydrogens is 260 g/mol. The summed E-state index contributed by atoms with van der Waals surface area (Å²) in [6.07, 6.45) is 5.28. The Labute approximate surface area is 129 Å². The lowest BCUT2D eigenvalue weighted by Crippen LogP contribution is -2.44. The number of rotatable bonds is 6. The average Bonchev–Trinajstić information content (AvgIpc) is 2.52. The predicted molar refractivity (Wildman–Crippen MR) is 88.6 cm³/mol. The van der Waals surface area contributed by atoms with Gasteiger partial charge in [0.15, 0.2) is 0 Å². The zero-order valence-corrected chi connectivity index (χ0v) is 13.8. The highest BCUT2D eigenvalue weighted by Gasteiger charge is 2.28. The fourth-order valence-corrected chi connectivity index (χ4v) is 3.68. The SMILES string of the molecule is CCN(Cc1ccc(OC)c(C)c1)C1CCCCC1CN. The molecule has 1 saturated carbocycles. The minimum absolute atomic E-state index is 0.649. The standard InChI is InChI=1S/C18H30N2O/c1-4-20(17-8-6-5-7-16(17)12-19)13-15-9-10-18(21-3)14(2)11-15/h9-11,16-17H,4-8,12-13,19H2,1-3H3. The summed E-state index contributed by atoms with van der Waals surface area (Å²) in [7, 11) is 1.73. The Balaban J connectivity index is 2.09. The van der Waals surface area contributed by atoms with Crippen molar-refractivity contribution in [2.75, 3.05) is 20.2 Å². The van der Waals surface area contributed by atoms with E-state index in [1.165, 1.54) is 36.8 Å². The quantitative estimate of drug-likeness (QED) is 0.873. The number of ether oxygens (including phenoxy) is 1. The molecule has 2 N–H and O–H groups in total. The van der Waals surface area contributed by atoms with E-state index in [1.807, 2.05) is 0 Å². The first kappa shape index (κ1) is 16.3. The summed E-state index contributed by atoms with van der Waals surface area (Å²) in [5.41, 5.74) is 8.58. The molecule has 0 bridgehead atoms. The fourth-order valence-electron chi connectivity index (χ4n) is 3.68. The third-order valence-electron chi connectivity index (χ3n) is 4.89. The Kier molecular flexibility index (Phi) is 6.07. The van der Waals surface area contributed by atoms with Crippen molar-refractivity contribution in [3.63, 3.8) is 0 Å². The predicted octanol–water partition coefficient (Wildman–Crippen LogP) is 3.34. The van der Waals surface area contributed by atoms with Gasteiger partial charge in [-0.3, -0.25) is 4.90 Å². The van der Waals surface area contributed by atoms with Crippen molar-refractivity contribution in [1.29, 1.82) is 0 Å². The molecular formula is C18H30N2O. The van der Waals surface area contributed by atoms with Crippen molar-refractivity contribution in [3.05, 3.63) is 29.3 Å². The second-order valence-electron chi connectivity index (χ2n) is 6.21. The molecule has 1 fully saturated rings. The number of hydrogen-bond donors (Lipinski definition) is 1. The number of aryl methyl sites for hydroxylation is 1. The van der Waals surface area contributed by atoms with Crippen molar-refractivity contribution in [2.24, 2.45) is 11.7 Å². The van der Waals surface area contributed by atoms with Gasteiger partial charge in [-0.2, -0.15) is 0 Å². The summed E-state index contributed by atoms with van der Waals surface area (Å²) in [4.78, 5) is 2.61. The number of nitrogens with zero attached hydrogens (tertiary/aromatic N) is 1. The third kappa shape index (κ3) is 3.98. The fraction of sp³-hybridized carbons (Fsp3) is 0.667. The lowest BCUT2D eigenvalue weighted by molar-refractivity contribution is 0.105. The first-order chi connectivity index (χ1) is 10.2. The van der Waals surface area contributed by atoms with Gasteiger partial charge in [-0.1, -0.05) is 31.9 Å². The van der Waals surface area contributed by atoms with E-state index in [1.54, 1.807) is 7.11 Å². The highest BCUT2D eigenvalue weighted by Crippen LogP contribution is 2.29. The lowest BCUT2D eigenvalue weighted by atomic mass is 9.83. The van der Waals surface area contributed by atoms with E-state index in [9.17, 15) is 0 Å². The second kappa shape index (κ2) is 7.81. The maximum absolute atomic E-state index is 6.00. The van der Waals surface area contributed by atoms with Crippen molar-refractivity contribution in [3.8, 4) is 5.75 Å². The topological polar surface area (TPSA) is 38.5 Å². The van der Waals surface area contributed by atoms with E-state index in [-0.39, 0.29) is 0 Å². The molecule has 2 rings (SSSR count). The molecule has 21 heavy (non-hydrogen) atoms. The van der Waals surface area contributed by atoms with Crippen LogP contribution in [-0.4, -0.2) is 31.1 Å². The van der Waals surface area contributed by atoms with Gasteiger partial charge in [-0.15, -0.1) is 0 Å². The van der Waals surface area contributed by atoms with E-state index < -0.39 is 0 Å². The summed E-state index contributed by atoms with van der Waals surface area (Å²) in [6, 6.07) is 7.17. The molecule has 2 unspecified atom stereocenters. The largest absolute Gasteiger partial charge is 0.496 e. The van der Waals surface area contributed by atoms with Crippen LogP contribution in [0.4, 0.5) is 0 Å². The number of benzene rings is 1. The molecule has 0 amide bonds. The maximum Gasteiger partial charge on any atom is 0.121 e. The Bertz CT molecular complexity index is 447. The molecule has 0 spiro atoms. The van der Waals surface area contributed by atoms with Crippen LogP contribution in [0.25, 0.3) is 0 Å². The summed E-state index contributed by atoms with van der Waals surface area (Å²) < 4.78 is 5.35. The summed E-state index contributed by atoms with van der Waals surface area (Å²) in [5, 5.41) is 0. The van der Waals surface area contributed by atoms with E-state index in [2.05, 4.69) is 36.9 Å². The van der Waals surface area contributed by atoms with Crippen LogP contribution < -0.4 is 10.5 Å². The van der Waals surface area contributed by atoms with Gasteiger partial charge in [0.1, 0.15) is 5.75 Å². The number of nitrogens with two attached hydrogens (primary N) is 1. The number of methoxy groups -OCH3 is 1. The molecule has 2 atom stereocenters. The van der Waals surface area contributed by atoms with Gasteiger partial charge in [0, 0.05) is 12.6 Å². The maximum atomic E-state index is 6.00. The monoisotopic (exact) mass is 290 g/mol. The first-order valence-corrected chi connectivity index (χ1v) is 8.27. The normalized spacial score (nSPS) is 22.5. The van der Waals surface area contributed by atoms with Crippen molar-refractivity contribution in [1.82, 2.24) is 4.90 Å². The van der Waals surface area contributed by atoms with Crippen LogP contribution in [0.5, 0.6) is 5.75 Å². The summed E-state index contributed by atoms with van der Waals surface area (Å²) in [6.45, 7) is 7.30. The second-order valence-corrected chi connectivity index (χ2v) is 6.21. The van der Waals surface area contributed by atoms with Crippen LogP contribution in [0.2, 0.25) is 0 Å². The van der Waals surface area contributed by atoms with E-state index >= 15 is 0 Å². The third-order valence-corrected chi connectivity index (χ3v) is 4.89. The number of hydrogen-bond acceptors (Lipinski definition) is 3. The van der Waals surface area contributed by atoms with Crippen molar-refractivity contribution >= 4 is 0 Å². The minimum atomic E-state index is 0.649. The molecule has 1 aromatic carbocycles. The highest BCUT2D eigenvalue weighted by atomic mass is 16.5. The Morgan fingerprint density at radius 1 is 1.29 bits per heavy atom. The molecule has 0 aromatic heterocycles. The Morgan fingerprint density at radius 3 is 2.67 bits per heavy atom. The van der Waals surface area contributed by atoms with Gasteiger partial charge in [0.2, 0.25) is 0 Å². The smallest absolute Gasteiger partial charge is 0.121 e. The van der Waals surface area contributed by atoms with E-state index in [4.69, 9.17) is 10.5 Å². The molecule has 0 heterocycles. The molecule has 1 aliphatic carbocycles. The molecule has 3 nitrogen and oxygen atoms in total. The molecule has 0 radical (unpaired) electrons. The molecule has 118 valence electrons. The van der Waals surface area contributed by atoms with Crippen LogP contribution in [0.3, 0.4) is 0 Å². The van der Waals surface area contributed by atoms with Gasteiger partial charge < -0.3 is 10.5 Å². The van der Waals surface area contributed by atoms with E-state index in [0.717, 1.165) is 25.4 Å². The van der Waals surface area contributed by atoms with Crippen LogP contribution in [0, 0.1) is 12.8 Å². The molecule has 3 heteroatoms. The highest BCUT2D eigenvalue weighted by molar-refractivity contribution is 5.36. The van der Waals surface area contributed by atoms with Crippen LogP contribution >= 0.6 is 0 Å². The zero-order valence-electron chi connectivity index (χ0n) is 13.8. The Morgan fingerprint density at radius 2 is 2.05 bits per heavy atom. The molecule has 0 saturated heterocycles. The molecule has 0 aliphatic heterocycles.